The number of benzene rings is 1. The summed E-state index contributed by atoms with van der Waals surface area (Å²) < 4.78 is 2.78. The molecule has 9 heteroatoms. The molecule has 160 valence electrons. The van der Waals surface area contributed by atoms with Crippen molar-refractivity contribution < 1.29 is 4.79 Å². The van der Waals surface area contributed by atoms with E-state index < -0.39 is 5.92 Å². The van der Waals surface area contributed by atoms with E-state index >= 15 is 0 Å². The standard InChI is InChI=1S/C17H14BrClN4O.C4H12N2/c1-2-5-23-8-12-15(20-17(19)21-16(12)22-23)14-11-7-10(18)4-3-9(11)6-13(14)24;1-6-4-2-3-5/h3-4,7-8,14H,2,5-6H2,1H3;6H,2-5H2,1H3. The molecule has 0 radical (unpaired) electrons. The summed E-state index contributed by atoms with van der Waals surface area (Å²) in [6.45, 7) is 4.70. The highest BCUT2D eigenvalue weighted by molar-refractivity contribution is 9.10. The molecule has 0 amide bonds. The van der Waals surface area contributed by atoms with E-state index in [2.05, 4.69) is 43.2 Å². The van der Waals surface area contributed by atoms with E-state index in [0.717, 1.165) is 53.5 Å². The van der Waals surface area contributed by atoms with Crippen LogP contribution in [0, 0.1) is 0 Å². The molecule has 0 spiro atoms. The van der Waals surface area contributed by atoms with E-state index in [1.807, 2.05) is 36.1 Å². The number of hydrogen-bond acceptors (Lipinski definition) is 6. The van der Waals surface area contributed by atoms with Crippen LogP contribution in [0.5, 0.6) is 0 Å². The van der Waals surface area contributed by atoms with Gasteiger partial charge in [0.2, 0.25) is 5.28 Å². The van der Waals surface area contributed by atoms with Crippen LogP contribution < -0.4 is 11.1 Å². The van der Waals surface area contributed by atoms with Crippen LogP contribution in [0.15, 0.2) is 28.9 Å². The second-order valence-corrected chi connectivity index (χ2v) is 8.43. The van der Waals surface area contributed by atoms with Crippen molar-refractivity contribution in [2.75, 3.05) is 20.1 Å². The molecule has 30 heavy (non-hydrogen) atoms. The normalized spacial score (nSPS) is 15.2. The van der Waals surface area contributed by atoms with Gasteiger partial charge in [-0.15, -0.1) is 0 Å². The molecule has 3 aromatic rings. The van der Waals surface area contributed by atoms with E-state index in [1.54, 1.807) is 0 Å². The Morgan fingerprint density at radius 2 is 2.17 bits per heavy atom. The third kappa shape index (κ3) is 5.06. The maximum Gasteiger partial charge on any atom is 0.224 e. The number of nitrogens with two attached hydrogens (primary N) is 1. The van der Waals surface area contributed by atoms with Gasteiger partial charge in [0.15, 0.2) is 11.4 Å². The monoisotopic (exact) mass is 492 g/mol. The highest BCUT2D eigenvalue weighted by Gasteiger charge is 2.35. The second kappa shape index (κ2) is 10.4. The predicted octanol–water partition coefficient (Wildman–Crippen LogP) is 3.46. The molecule has 4 rings (SSSR count). The number of nitrogens with zero attached hydrogens (tertiary/aromatic N) is 4. The number of nitrogens with one attached hydrogen (secondary N) is 1. The molecule has 0 aliphatic heterocycles. The van der Waals surface area contributed by atoms with E-state index in [9.17, 15) is 4.79 Å². The van der Waals surface area contributed by atoms with Crippen molar-refractivity contribution in [2.45, 2.75) is 38.6 Å². The molecule has 0 fully saturated rings. The molecule has 2 heterocycles. The smallest absolute Gasteiger partial charge is 0.224 e. The Morgan fingerprint density at radius 3 is 2.83 bits per heavy atom. The van der Waals surface area contributed by atoms with Gasteiger partial charge in [0, 0.05) is 23.6 Å². The molecule has 1 aliphatic rings. The Labute approximate surface area is 189 Å². The topological polar surface area (TPSA) is 98.7 Å². The van der Waals surface area contributed by atoms with Crippen LogP contribution in [-0.4, -0.2) is 45.7 Å². The SMILES string of the molecule is CCCn1cc2c(C3C(=O)Cc4ccc(Br)cc43)nc(Cl)nc2n1.CNCCCN. The molecule has 3 N–H and O–H groups in total. The number of carbonyl (C=O) groups is 1. The minimum atomic E-state index is -0.417. The molecular weight excluding hydrogens is 468 g/mol. The number of Topliss-reactive ketones (excluding diaryl/α,β-unsaturated/α-hetero) is 1. The largest absolute Gasteiger partial charge is 0.330 e. The maximum absolute atomic E-state index is 12.7. The van der Waals surface area contributed by atoms with Crippen molar-refractivity contribution >= 4 is 44.3 Å². The van der Waals surface area contributed by atoms with Gasteiger partial charge in [-0.1, -0.05) is 28.9 Å². The van der Waals surface area contributed by atoms with Crippen LogP contribution in [0.1, 0.15) is 42.5 Å². The molecular formula is C21H26BrClN6O. The number of ketones is 1. The molecule has 1 unspecified atom stereocenters. The van der Waals surface area contributed by atoms with Gasteiger partial charge in [-0.2, -0.15) is 10.1 Å². The minimum absolute atomic E-state index is 0.121. The summed E-state index contributed by atoms with van der Waals surface area (Å²) in [5, 5.41) is 8.35. The van der Waals surface area contributed by atoms with Crippen LogP contribution in [0.4, 0.5) is 0 Å². The zero-order valence-electron chi connectivity index (χ0n) is 17.2. The average Bonchev–Trinajstić information content (AvgIpc) is 3.26. The van der Waals surface area contributed by atoms with Gasteiger partial charge < -0.3 is 11.1 Å². The van der Waals surface area contributed by atoms with Crippen molar-refractivity contribution in [2.24, 2.45) is 5.73 Å². The van der Waals surface area contributed by atoms with Gasteiger partial charge in [0.05, 0.1) is 17.0 Å². The summed E-state index contributed by atoms with van der Waals surface area (Å²) in [4.78, 5) is 21.3. The first-order chi connectivity index (χ1) is 14.5. The van der Waals surface area contributed by atoms with Gasteiger partial charge in [0.25, 0.3) is 0 Å². The minimum Gasteiger partial charge on any atom is -0.330 e. The van der Waals surface area contributed by atoms with Crippen LogP contribution in [0.25, 0.3) is 11.0 Å². The zero-order valence-corrected chi connectivity index (χ0v) is 19.5. The molecule has 1 atom stereocenters. The maximum atomic E-state index is 12.7. The summed E-state index contributed by atoms with van der Waals surface area (Å²) in [7, 11) is 1.93. The number of fused-ring (bicyclic) bond motifs is 2. The Kier molecular flexibility index (Phi) is 7.93. The summed E-state index contributed by atoms with van der Waals surface area (Å²) >= 11 is 9.59. The lowest BCUT2D eigenvalue weighted by Crippen LogP contribution is -2.12. The van der Waals surface area contributed by atoms with Crippen molar-refractivity contribution in [3.05, 3.63) is 51.0 Å². The van der Waals surface area contributed by atoms with Gasteiger partial charge in [-0.25, -0.2) is 4.98 Å². The van der Waals surface area contributed by atoms with Crippen molar-refractivity contribution in [1.29, 1.82) is 0 Å². The van der Waals surface area contributed by atoms with Gasteiger partial charge in [0.1, 0.15) is 0 Å². The summed E-state index contributed by atoms with van der Waals surface area (Å²) in [6, 6.07) is 5.93. The number of aryl methyl sites for hydroxylation is 1. The molecule has 1 aromatic carbocycles. The average molecular weight is 494 g/mol. The third-order valence-electron chi connectivity index (χ3n) is 4.89. The van der Waals surface area contributed by atoms with E-state index in [-0.39, 0.29) is 11.1 Å². The Morgan fingerprint density at radius 1 is 1.37 bits per heavy atom. The molecule has 1 aliphatic carbocycles. The predicted molar refractivity (Wildman–Crippen MR) is 123 cm³/mol. The number of hydrogen-bond donors (Lipinski definition) is 2. The van der Waals surface area contributed by atoms with Crippen LogP contribution in [0.2, 0.25) is 5.28 Å². The fraction of sp³-hybridized carbons (Fsp3) is 0.429. The van der Waals surface area contributed by atoms with Crippen molar-refractivity contribution in [1.82, 2.24) is 25.1 Å². The third-order valence-corrected chi connectivity index (χ3v) is 5.55. The Bertz CT molecular complexity index is 1030. The fourth-order valence-electron chi connectivity index (χ4n) is 3.55. The highest BCUT2D eigenvalue weighted by Crippen LogP contribution is 2.39. The first-order valence-corrected chi connectivity index (χ1v) is 11.2. The van der Waals surface area contributed by atoms with Gasteiger partial charge >= 0.3 is 0 Å². The fourth-order valence-corrected chi connectivity index (χ4v) is 4.10. The summed E-state index contributed by atoms with van der Waals surface area (Å²) in [5.74, 6) is -0.290. The van der Waals surface area contributed by atoms with Crippen LogP contribution >= 0.6 is 27.5 Å². The number of halogens is 2. The van der Waals surface area contributed by atoms with E-state index in [4.69, 9.17) is 17.3 Å². The second-order valence-electron chi connectivity index (χ2n) is 7.17. The lowest BCUT2D eigenvalue weighted by atomic mass is 9.95. The summed E-state index contributed by atoms with van der Waals surface area (Å²) in [5.41, 5.74) is 8.38. The van der Waals surface area contributed by atoms with Crippen molar-refractivity contribution in [3.8, 4) is 0 Å². The van der Waals surface area contributed by atoms with E-state index in [0.29, 0.717) is 17.8 Å². The molecule has 0 saturated carbocycles. The lowest BCUT2D eigenvalue weighted by Gasteiger charge is -2.11. The molecule has 0 saturated heterocycles. The van der Waals surface area contributed by atoms with Gasteiger partial charge in [-0.05, 0) is 67.8 Å². The molecule has 2 aromatic heterocycles. The van der Waals surface area contributed by atoms with Crippen molar-refractivity contribution in [3.63, 3.8) is 0 Å². The first kappa shape index (κ1) is 22.8. The first-order valence-electron chi connectivity index (χ1n) is 10.0. The Balaban J connectivity index is 0.000000377. The number of aromatic nitrogens is 4. The lowest BCUT2D eigenvalue weighted by molar-refractivity contribution is -0.118. The zero-order chi connectivity index (χ0) is 21.7. The quantitative estimate of drug-likeness (QED) is 0.403. The Hall–Kier alpha value is -1.87. The van der Waals surface area contributed by atoms with Crippen LogP contribution in [-0.2, 0) is 17.8 Å². The number of carbonyl (C=O) groups excluding carboxylic acids is 1. The van der Waals surface area contributed by atoms with Crippen LogP contribution in [0.3, 0.4) is 0 Å². The highest BCUT2D eigenvalue weighted by atomic mass is 79.9. The van der Waals surface area contributed by atoms with Gasteiger partial charge in [-0.3, -0.25) is 9.48 Å². The molecule has 7 nitrogen and oxygen atoms in total. The molecule has 0 bridgehead atoms. The summed E-state index contributed by atoms with van der Waals surface area (Å²) in [6.07, 6.45) is 4.37. The van der Waals surface area contributed by atoms with E-state index in [1.165, 1.54) is 0 Å². The number of rotatable bonds is 6.